The molecule has 3 N–H and O–H groups in total. The molecule has 4 heteroatoms. The second kappa shape index (κ2) is 5.63. The van der Waals surface area contributed by atoms with E-state index in [1.54, 1.807) is 6.07 Å². The highest BCUT2D eigenvalue weighted by atomic mass is 32.2. The maximum absolute atomic E-state index is 13.0. The van der Waals surface area contributed by atoms with Crippen LogP contribution in [-0.2, 0) is 0 Å². The molecule has 2 atom stereocenters. The largest absolute Gasteiger partial charge is 0.397 e. The van der Waals surface area contributed by atoms with Crippen molar-refractivity contribution in [3.8, 4) is 0 Å². The third kappa shape index (κ3) is 3.06. The van der Waals surface area contributed by atoms with E-state index in [-0.39, 0.29) is 5.82 Å². The van der Waals surface area contributed by atoms with Gasteiger partial charge in [0.25, 0.3) is 0 Å². The third-order valence-electron chi connectivity index (χ3n) is 3.36. The summed E-state index contributed by atoms with van der Waals surface area (Å²) in [6, 6.07) is 5.01. The van der Waals surface area contributed by atoms with Crippen LogP contribution in [0.15, 0.2) is 18.2 Å². The van der Waals surface area contributed by atoms with E-state index in [1.165, 1.54) is 37.8 Å². The fourth-order valence-electron chi connectivity index (χ4n) is 2.41. The predicted octanol–water partition coefficient (Wildman–Crippen LogP) is 3.49. The first-order valence-electron chi connectivity index (χ1n) is 6.05. The quantitative estimate of drug-likeness (QED) is 0.811. The van der Waals surface area contributed by atoms with Crippen LogP contribution in [0.4, 0.5) is 15.8 Å². The Morgan fingerprint density at radius 2 is 2.12 bits per heavy atom. The Balaban J connectivity index is 2.08. The first-order chi connectivity index (χ1) is 8.20. The molecular weight excluding hydrogens is 235 g/mol. The number of thioether (sulfide) groups is 1. The summed E-state index contributed by atoms with van der Waals surface area (Å²) in [5.41, 5.74) is 7.17. The van der Waals surface area contributed by atoms with Gasteiger partial charge in [0, 0.05) is 11.3 Å². The van der Waals surface area contributed by atoms with E-state index >= 15 is 0 Å². The fourth-order valence-corrected chi connectivity index (χ4v) is 3.34. The van der Waals surface area contributed by atoms with Gasteiger partial charge in [-0.25, -0.2) is 4.39 Å². The van der Waals surface area contributed by atoms with Crippen molar-refractivity contribution in [2.24, 2.45) is 0 Å². The molecule has 2 unspecified atom stereocenters. The Kier molecular flexibility index (Phi) is 4.15. The first kappa shape index (κ1) is 12.6. The minimum Gasteiger partial charge on any atom is -0.397 e. The molecule has 0 saturated heterocycles. The molecule has 2 nitrogen and oxygen atoms in total. The topological polar surface area (TPSA) is 38.0 Å². The summed E-state index contributed by atoms with van der Waals surface area (Å²) >= 11 is 1.90. The van der Waals surface area contributed by atoms with Crippen molar-refractivity contribution >= 4 is 23.1 Å². The summed E-state index contributed by atoms with van der Waals surface area (Å²) in [5, 5.41) is 4.10. The zero-order valence-corrected chi connectivity index (χ0v) is 10.9. The Morgan fingerprint density at radius 3 is 2.82 bits per heavy atom. The van der Waals surface area contributed by atoms with Gasteiger partial charge in [0.15, 0.2) is 0 Å². The molecule has 17 heavy (non-hydrogen) atoms. The molecule has 94 valence electrons. The number of halogens is 1. The Bertz CT molecular complexity index is 384. The van der Waals surface area contributed by atoms with E-state index in [0.29, 0.717) is 17.0 Å². The van der Waals surface area contributed by atoms with Gasteiger partial charge in [0.05, 0.1) is 11.4 Å². The van der Waals surface area contributed by atoms with Crippen LogP contribution >= 0.6 is 11.8 Å². The van der Waals surface area contributed by atoms with Crippen LogP contribution in [-0.4, -0.2) is 17.5 Å². The highest BCUT2D eigenvalue weighted by molar-refractivity contribution is 7.99. The number of nitrogen functional groups attached to an aromatic ring is 1. The summed E-state index contributed by atoms with van der Waals surface area (Å²) < 4.78 is 13.0. The molecular formula is C13H19FN2S. The molecule has 0 aromatic heterocycles. The van der Waals surface area contributed by atoms with Crippen molar-refractivity contribution < 1.29 is 4.39 Å². The molecule has 2 rings (SSSR count). The molecule has 0 bridgehead atoms. The molecule has 1 fully saturated rings. The molecule has 1 saturated carbocycles. The minimum atomic E-state index is -0.280. The van der Waals surface area contributed by atoms with Gasteiger partial charge in [-0.3, -0.25) is 0 Å². The van der Waals surface area contributed by atoms with Crippen LogP contribution < -0.4 is 11.1 Å². The lowest BCUT2D eigenvalue weighted by atomic mass is 9.94. The number of nitrogens with one attached hydrogen (secondary N) is 1. The van der Waals surface area contributed by atoms with Crippen LogP contribution in [0.2, 0.25) is 0 Å². The van der Waals surface area contributed by atoms with E-state index in [4.69, 9.17) is 5.73 Å². The van der Waals surface area contributed by atoms with Gasteiger partial charge in [-0.1, -0.05) is 12.8 Å². The van der Waals surface area contributed by atoms with Gasteiger partial charge < -0.3 is 11.1 Å². The lowest BCUT2D eigenvalue weighted by Gasteiger charge is -2.32. The molecule has 1 aromatic rings. The Hall–Kier alpha value is -0.900. The second-order valence-corrected chi connectivity index (χ2v) is 5.62. The SMILES string of the molecule is CSC1CCCCC1Nc1ccc(F)cc1N. The van der Waals surface area contributed by atoms with Gasteiger partial charge in [-0.15, -0.1) is 0 Å². The number of benzene rings is 1. The van der Waals surface area contributed by atoms with Crippen LogP contribution in [0.3, 0.4) is 0 Å². The smallest absolute Gasteiger partial charge is 0.125 e. The summed E-state index contributed by atoms with van der Waals surface area (Å²) in [7, 11) is 0. The first-order valence-corrected chi connectivity index (χ1v) is 7.34. The average Bonchev–Trinajstić information content (AvgIpc) is 2.33. The highest BCUT2D eigenvalue weighted by Gasteiger charge is 2.24. The monoisotopic (exact) mass is 254 g/mol. The van der Waals surface area contributed by atoms with E-state index in [2.05, 4.69) is 11.6 Å². The zero-order chi connectivity index (χ0) is 12.3. The van der Waals surface area contributed by atoms with E-state index < -0.39 is 0 Å². The molecule has 1 aromatic carbocycles. The van der Waals surface area contributed by atoms with Gasteiger partial charge in [0.2, 0.25) is 0 Å². The average molecular weight is 254 g/mol. The lowest BCUT2D eigenvalue weighted by Crippen LogP contribution is -2.34. The van der Waals surface area contributed by atoms with Gasteiger partial charge in [0.1, 0.15) is 5.82 Å². The van der Waals surface area contributed by atoms with E-state index in [1.807, 2.05) is 11.8 Å². The second-order valence-electron chi connectivity index (χ2n) is 4.54. The summed E-state index contributed by atoms with van der Waals surface area (Å²) in [6.45, 7) is 0. The molecule has 1 aliphatic rings. The van der Waals surface area contributed by atoms with Crippen LogP contribution in [0.1, 0.15) is 25.7 Å². The summed E-state index contributed by atoms with van der Waals surface area (Å²) in [6.07, 6.45) is 7.14. The van der Waals surface area contributed by atoms with Crippen molar-refractivity contribution in [1.82, 2.24) is 0 Å². The van der Waals surface area contributed by atoms with Gasteiger partial charge >= 0.3 is 0 Å². The lowest BCUT2D eigenvalue weighted by molar-refractivity contribution is 0.475. The summed E-state index contributed by atoms with van der Waals surface area (Å²) in [5.74, 6) is -0.280. The van der Waals surface area contributed by atoms with Crippen molar-refractivity contribution in [2.45, 2.75) is 37.0 Å². The van der Waals surface area contributed by atoms with Crippen molar-refractivity contribution in [3.05, 3.63) is 24.0 Å². The van der Waals surface area contributed by atoms with Gasteiger partial charge in [-0.2, -0.15) is 11.8 Å². The Labute approximate surface area is 106 Å². The number of rotatable bonds is 3. The van der Waals surface area contributed by atoms with E-state index in [9.17, 15) is 4.39 Å². The minimum absolute atomic E-state index is 0.280. The van der Waals surface area contributed by atoms with Crippen LogP contribution in [0.5, 0.6) is 0 Å². The van der Waals surface area contributed by atoms with Crippen molar-refractivity contribution in [1.29, 1.82) is 0 Å². The van der Waals surface area contributed by atoms with Crippen molar-refractivity contribution in [3.63, 3.8) is 0 Å². The number of hydrogen-bond acceptors (Lipinski definition) is 3. The highest BCUT2D eigenvalue weighted by Crippen LogP contribution is 2.31. The third-order valence-corrected chi connectivity index (χ3v) is 4.53. The predicted molar refractivity (Wildman–Crippen MR) is 74.0 cm³/mol. The molecule has 0 aliphatic heterocycles. The molecule has 1 aliphatic carbocycles. The van der Waals surface area contributed by atoms with Gasteiger partial charge in [-0.05, 0) is 37.3 Å². The molecule has 0 heterocycles. The van der Waals surface area contributed by atoms with E-state index in [0.717, 1.165) is 5.69 Å². The number of nitrogens with two attached hydrogens (primary N) is 1. The zero-order valence-electron chi connectivity index (χ0n) is 10.1. The van der Waals surface area contributed by atoms with Crippen molar-refractivity contribution in [2.75, 3.05) is 17.3 Å². The molecule has 0 radical (unpaired) electrons. The molecule has 0 amide bonds. The Morgan fingerprint density at radius 1 is 1.35 bits per heavy atom. The number of anilines is 2. The van der Waals surface area contributed by atoms with Crippen LogP contribution in [0, 0.1) is 5.82 Å². The molecule has 0 spiro atoms. The number of hydrogen-bond donors (Lipinski definition) is 2. The standard InChI is InChI=1S/C13H19FN2S/c1-17-13-5-3-2-4-12(13)16-11-7-6-9(14)8-10(11)15/h6-8,12-13,16H,2-5,15H2,1H3. The fraction of sp³-hybridized carbons (Fsp3) is 0.538. The normalized spacial score (nSPS) is 24.6. The maximum atomic E-state index is 13.0. The summed E-state index contributed by atoms with van der Waals surface area (Å²) in [4.78, 5) is 0. The maximum Gasteiger partial charge on any atom is 0.125 e. The van der Waals surface area contributed by atoms with Crippen LogP contribution in [0.25, 0.3) is 0 Å².